The first kappa shape index (κ1) is 12.8. The van der Waals surface area contributed by atoms with Gasteiger partial charge in [-0.2, -0.15) is 0 Å². The highest BCUT2D eigenvalue weighted by Crippen LogP contribution is 2.38. The zero-order valence-electron chi connectivity index (χ0n) is 11.6. The van der Waals surface area contributed by atoms with Gasteiger partial charge in [-0.15, -0.1) is 0 Å². The van der Waals surface area contributed by atoms with Crippen LogP contribution in [0.25, 0.3) is 5.57 Å². The molecule has 0 unspecified atom stereocenters. The smallest absolute Gasteiger partial charge is 0.332 e. The van der Waals surface area contributed by atoms with Crippen molar-refractivity contribution in [1.82, 2.24) is 10.2 Å². The average Bonchev–Trinajstić information content (AvgIpc) is 3.04. The Morgan fingerprint density at radius 2 is 2.20 bits per heavy atom. The quantitative estimate of drug-likeness (QED) is 0.674. The highest BCUT2D eigenvalue weighted by molar-refractivity contribution is 5.85. The first-order chi connectivity index (χ1) is 9.79. The molecule has 0 amide bonds. The third kappa shape index (κ3) is 2.29. The molecule has 0 atom stereocenters. The SMILES string of the molecule is CCOC(=O)/C=C1\CC(c2ccccc2)=C2NCCN21. The van der Waals surface area contributed by atoms with Crippen LogP contribution in [0.15, 0.2) is 47.9 Å². The Labute approximate surface area is 118 Å². The molecule has 1 aromatic rings. The molecular weight excluding hydrogens is 252 g/mol. The van der Waals surface area contributed by atoms with Crippen LogP contribution in [-0.2, 0) is 9.53 Å². The predicted molar refractivity (Wildman–Crippen MR) is 77.4 cm³/mol. The van der Waals surface area contributed by atoms with Gasteiger partial charge in [0.2, 0.25) is 0 Å². The van der Waals surface area contributed by atoms with Crippen LogP contribution in [0, 0.1) is 0 Å². The number of nitrogens with one attached hydrogen (secondary N) is 1. The molecule has 1 aromatic carbocycles. The topological polar surface area (TPSA) is 41.6 Å². The van der Waals surface area contributed by atoms with Crippen molar-refractivity contribution in [1.29, 1.82) is 0 Å². The van der Waals surface area contributed by atoms with E-state index < -0.39 is 0 Å². The highest BCUT2D eigenvalue weighted by atomic mass is 16.5. The van der Waals surface area contributed by atoms with Gasteiger partial charge in [0.1, 0.15) is 5.82 Å². The average molecular weight is 270 g/mol. The fourth-order valence-corrected chi connectivity index (χ4v) is 2.74. The summed E-state index contributed by atoms with van der Waals surface area (Å²) in [6.07, 6.45) is 2.39. The Bertz CT molecular complexity index is 575. The van der Waals surface area contributed by atoms with Gasteiger partial charge in [-0.05, 0) is 12.5 Å². The summed E-state index contributed by atoms with van der Waals surface area (Å²) in [5.74, 6) is 0.870. The van der Waals surface area contributed by atoms with E-state index >= 15 is 0 Å². The van der Waals surface area contributed by atoms with Crippen LogP contribution in [0.2, 0.25) is 0 Å². The van der Waals surface area contributed by atoms with E-state index in [9.17, 15) is 4.79 Å². The third-order valence-electron chi connectivity index (χ3n) is 3.58. The van der Waals surface area contributed by atoms with Crippen molar-refractivity contribution >= 4 is 11.5 Å². The summed E-state index contributed by atoms with van der Waals surface area (Å²) in [6.45, 7) is 4.04. The number of nitrogens with zero attached hydrogens (tertiary/aromatic N) is 1. The number of benzene rings is 1. The molecule has 1 fully saturated rings. The van der Waals surface area contributed by atoms with E-state index in [1.165, 1.54) is 11.1 Å². The molecule has 2 heterocycles. The van der Waals surface area contributed by atoms with Gasteiger partial charge in [-0.25, -0.2) is 4.79 Å². The first-order valence-electron chi connectivity index (χ1n) is 6.97. The minimum atomic E-state index is -0.261. The zero-order chi connectivity index (χ0) is 13.9. The van der Waals surface area contributed by atoms with Crippen LogP contribution in [0.1, 0.15) is 18.9 Å². The standard InChI is InChI=1S/C16H18N2O2/c1-2-20-15(19)11-13-10-14(12-6-4-3-5-7-12)16-17-8-9-18(13)16/h3-7,11,17H,2,8-10H2,1H3/b13-11+. The Morgan fingerprint density at radius 3 is 2.95 bits per heavy atom. The number of ether oxygens (including phenoxy) is 1. The molecule has 0 aromatic heterocycles. The Kier molecular flexibility index (Phi) is 3.46. The van der Waals surface area contributed by atoms with Crippen molar-refractivity contribution in [2.45, 2.75) is 13.3 Å². The molecule has 4 nitrogen and oxygen atoms in total. The zero-order valence-corrected chi connectivity index (χ0v) is 11.6. The number of carbonyl (C=O) groups is 1. The number of hydrogen-bond donors (Lipinski definition) is 1. The lowest BCUT2D eigenvalue weighted by Gasteiger charge is -2.14. The second-order valence-corrected chi connectivity index (χ2v) is 4.84. The number of rotatable bonds is 3. The monoisotopic (exact) mass is 270 g/mol. The van der Waals surface area contributed by atoms with Crippen molar-refractivity contribution in [3.63, 3.8) is 0 Å². The molecule has 1 saturated heterocycles. The second kappa shape index (κ2) is 5.41. The van der Waals surface area contributed by atoms with E-state index in [-0.39, 0.29) is 5.97 Å². The van der Waals surface area contributed by atoms with E-state index in [0.29, 0.717) is 6.61 Å². The molecule has 0 radical (unpaired) electrons. The summed E-state index contributed by atoms with van der Waals surface area (Å²) >= 11 is 0. The fourth-order valence-electron chi connectivity index (χ4n) is 2.74. The molecule has 0 bridgehead atoms. The largest absolute Gasteiger partial charge is 0.463 e. The lowest BCUT2D eigenvalue weighted by Crippen LogP contribution is -2.15. The van der Waals surface area contributed by atoms with E-state index in [4.69, 9.17) is 4.74 Å². The normalized spacial score (nSPS) is 19.2. The molecule has 1 N–H and O–H groups in total. The number of carbonyl (C=O) groups excluding carboxylic acids is 1. The van der Waals surface area contributed by atoms with Gasteiger partial charge in [0.15, 0.2) is 0 Å². The summed E-state index contributed by atoms with van der Waals surface area (Å²) in [7, 11) is 0. The van der Waals surface area contributed by atoms with Crippen molar-refractivity contribution in [3.05, 3.63) is 53.5 Å². The minimum absolute atomic E-state index is 0.261. The van der Waals surface area contributed by atoms with Crippen LogP contribution in [-0.4, -0.2) is 30.6 Å². The Balaban J connectivity index is 1.90. The number of fused-ring (bicyclic) bond motifs is 1. The van der Waals surface area contributed by atoms with Gasteiger partial charge < -0.3 is 15.0 Å². The molecule has 0 spiro atoms. The predicted octanol–water partition coefficient (Wildman–Crippen LogP) is 2.11. The lowest BCUT2D eigenvalue weighted by atomic mass is 10.0. The van der Waals surface area contributed by atoms with Crippen LogP contribution >= 0.6 is 0 Å². The maximum atomic E-state index is 11.7. The van der Waals surface area contributed by atoms with E-state index in [1.807, 2.05) is 25.1 Å². The minimum Gasteiger partial charge on any atom is -0.463 e. The fraction of sp³-hybridized carbons (Fsp3) is 0.312. The van der Waals surface area contributed by atoms with Gasteiger partial charge in [-0.3, -0.25) is 0 Å². The maximum Gasteiger partial charge on any atom is 0.332 e. The summed E-state index contributed by atoms with van der Waals surface area (Å²) in [6, 6.07) is 10.3. The highest BCUT2D eigenvalue weighted by Gasteiger charge is 2.31. The molecule has 4 heteroatoms. The Morgan fingerprint density at radius 1 is 1.40 bits per heavy atom. The molecule has 2 aliphatic rings. The van der Waals surface area contributed by atoms with Gasteiger partial charge in [-0.1, -0.05) is 30.3 Å². The van der Waals surface area contributed by atoms with Crippen LogP contribution in [0.3, 0.4) is 0 Å². The van der Waals surface area contributed by atoms with E-state index in [1.54, 1.807) is 6.08 Å². The number of hydrogen-bond acceptors (Lipinski definition) is 4. The van der Waals surface area contributed by atoms with Gasteiger partial charge in [0.25, 0.3) is 0 Å². The number of esters is 1. The maximum absolute atomic E-state index is 11.7. The molecule has 2 aliphatic heterocycles. The summed E-state index contributed by atoms with van der Waals surface area (Å²) < 4.78 is 5.01. The van der Waals surface area contributed by atoms with Crippen LogP contribution < -0.4 is 5.32 Å². The number of allylic oxidation sites excluding steroid dienone is 1. The van der Waals surface area contributed by atoms with Gasteiger partial charge >= 0.3 is 5.97 Å². The molecule has 20 heavy (non-hydrogen) atoms. The molecule has 0 saturated carbocycles. The Hall–Kier alpha value is -2.23. The van der Waals surface area contributed by atoms with E-state index in [0.717, 1.165) is 31.0 Å². The van der Waals surface area contributed by atoms with Crippen LogP contribution in [0.5, 0.6) is 0 Å². The van der Waals surface area contributed by atoms with Crippen molar-refractivity contribution in [3.8, 4) is 0 Å². The lowest BCUT2D eigenvalue weighted by molar-refractivity contribution is -0.137. The molecule has 3 rings (SSSR count). The summed E-state index contributed by atoms with van der Waals surface area (Å²) in [5.41, 5.74) is 3.47. The van der Waals surface area contributed by atoms with Crippen LogP contribution in [0.4, 0.5) is 0 Å². The third-order valence-corrected chi connectivity index (χ3v) is 3.58. The van der Waals surface area contributed by atoms with Gasteiger partial charge in [0, 0.05) is 36.9 Å². The van der Waals surface area contributed by atoms with E-state index in [2.05, 4.69) is 22.3 Å². The second-order valence-electron chi connectivity index (χ2n) is 4.84. The summed E-state index contributed by atoms with van der Waals surface area (Å²) in [4.78, 5) is 13.8. The van der Waals surface area contributed by atoms with Gasteiger partial charge in [0.05, 0.1) is 6.61 Å². The molecule has 0 aliphatic carbocycles. The van der Waals surface area contributed by atoms with Crippen molar-refractivity contribution in [2.24, 2.45) is 0 Å². The van der Waals surface area contributed by atoms with Crippen molar-refractivity contribution < 1.29 is 9.53 Å². The first-order valence-corrected chi connectivity index (χ1v) is 6.97. The van der Waals surface area contributed by atoms with Crippen molar-refractivity contribution in [2.75, 3.05) is 19.7 Å². The molecule has 104 valence electrons. The summed E-state index contributed by atoms with van der Waals surface area (Å²) in [5, 5.41) is 3.41. The molecular formula is C16H18N2O2.